The highest BCUT2D eigenvalue weighted by atomic mass is 15.1. The monoisotopic (exact) mass is 179 g/mol. The van der Waals surface area contributed by atoms with E-state index in [0.717, 1.165) is 25.9 Å². The van der Waals surface area contributed by atoms with Gasteiger partial charge in [0.05, 0.1) is 0 Å². The Kier molecular flexibility index (Phi) is 2.66. The van der Waals surface area contributed by atoms with Crippen LogP contribution in [0, 0.1) is 0 Å². The van der Waals surface area contributed by atoms with Gasteiger partial charge >= 0.3 is 0 Å². The molecule has 1 aromatic rings. The third-order valence-corrected chi connectivity index (χ3v) is 2.17. The standard InChI is InChI=1S/C8H13N5/c1-3-9-4-2-7(1)13-8-11-5-10-6-12-8/h5-7,9H,1-4H2,(H,10,11,12,13). The van der Waals surface area contributed by atoms with Crippen molar-refractivity contribution >= 4 is 5.95 Å². The maximum absolute atomic E-state index is 4.02. The lowest BCUT2D eigenvalue weighted by Gasteiger charge is -2.23. The van der Waals surface area contributed by atoms with Crippen molar-refractivity contribution in [2.24, 2.45) is 0 Å². The predicted molar refractivity (Wildman–Crippen MR) is 49.3 cm³/mol. The van der Waals surface area contributed by atoms with E-state index in [9.17, 15) is 0 Å². The highest BCUT2D eigenvalue weighted by molar-refractivity contribution is 5.23. The molecule has 0 aromatic carbocycles. The fraction of sp³-hybridized carbons (Fsp3) is 0.625. The molecule has 0 aliphatic carbocycles. The zero-order chi connectivity index (χ0) is 8.93. The number of nitrogens with one attached hydrogen (secondary N) is 2. The van der Waals surface area contributed by atoms with E-state index >= 15 is 0 Å². The molecule has 1 saturated heterocycles. The van der Waals surface area contributed by atoms with Crippen LogP contribution in [0.1, 0.15) is 12.8 Å². The summed E-state index contributed by atoms with van der Waals surface area (Å²) in [7, 11) is 0. The SMILES string of the molecule is c1ncnc(NC2CCNCC2)n1. The molecule has 13 heavy (non-hydrogen) atoms. The molecular weight excluding hydrogens is 166 g/mol. The Morgan fingerprint density at radius 3 is 2.62 bits per heavy atom. The minimum atomic E-state index is 0.503. The molecule has 1 fully saturated rings. The molecule has 70 valence electrons. The summed E-state index contributed by atoms with van der Waals surface area (Å²) in [4.78, 5) is 11.8. The molecule has 1 aliphatic rings. The van der Waals surface area contributed by atoms with Crippen molar-refractivity contribution in [2.75, 3.05) is 18.4 Å². The van der Waals surface area contributed by atoms with Crippen LogP contribution in [0.15, 0.2) is 12.7 Å². The number of rotatable bonds is 2. The van der Waals surface area contributed by atoms with E-state index in [1.807, 2.05) is 0 Å². The Morgan fingerprint density at radius 1 is 1.23 bits per heavy atom. The molecule has 5 nitrogen and oxygen atoms in total. The Balaban J connectivity index is 1.90. The number of piperidine rings is 1. The molecular formula is C8H13N5. The van der Waals surface area contributed by atoms with Gasteiger partial charge in [0, 0.05) is 6.04 Å². The van der Waals surface area contributed by atoms with Crippen LogP contribution in [0.5, 0.6) is 0 Å². The summed E-state index contributed by atoms with van der Waals surface area (Å²) in [5.74, 6) is 0.682. The van der Waals surface area contributed by atoms with E-state index in [4.69, 9.17) is 0 Å². The Hall–Kier alpha value is -1.23. The first-order valence-corrected chi connectivity index (χ1v) is 4.54. The van der Waals surface area contributed by atoms with Gasteiger partial charge in [-0.05, 0) is 25.9 Å². The number of hydrogen-bond acceptors (Lipinski definition) is 5. The first-order chi connectivity index (χ1) is 6.45. The van der Waals surface area contributed by atoms with Crippen LogP contribution in [0.4, 0.5) is 5.95 Å². The summed E-state index contributed by atoms with van der Waals surface area (Å²) in [5.41, 5.74) is 0. The van der Waals surface area contributed by atoms with Crippen molar-refractivity contribution in [2.45, 2.75) is 18.9 Å². The Labute approximate surface area is 77.0 Å². The van der Waals surface area contributed by atoms with Gasteiger partial charge in [0.15, 0.2) is 0 Å². The van der Waals surface area contributed by atoms with Crippen molar-refractivity contribution in [3.05, 3.63) is 12.7 Å². The summed E-state index contributed by atoms with van der Waals surface area (Å²) in [6.07, 6.45) is 5.28. The highest BCUT2D eigenvalue weighted by Crippen LogP contribution is 2.07. The van der Waals surface area contributed by atoms with Crippen LogP contribution in [-0.2, 0) is 0 Å². The van der Waals surface area contributed by atoms with Crippen LogP contribution in [-0.4, -0.2) is 34.1 Å². The normalized spacial score (nSPS) is 18.5. The average molecular weight is 179 g/mol. The molecule has 0 radical (unpaired) electrons. The van der Waals surface area contributed by atoms with E-state index in [1.54, 1.807) is 0 Å². The van der Waals surface area contributed by atoms with Crippen LogP contribution in [0.3, 0.4) is 0 Å². The van der Waals surface area contributed by atoms with Gasteiger partial charge in [-0.2, -0.15) is 0 Å². The number of aromatic nitrogens is 3. The minimum Gasteiger partial charge on any atom is -0.351 e. The molecule has 2 rings (SSSR count). The predicted octanol–water partition coefficient (Wildman–Crippen LogP) is 0.0355. The van der Waals surface area contributed by atoms with Crippen molar-refractivity contribution in [3.8, 4) is 0 Å². The third kappa shape index (κ3) is 2.35. The van der Waals surface area contributed by atoms with Gasteiger partial charge in [-0.1, -0.05) is 0 Å². The molecule has 1 aliphatic heterocycles. The van der Waals surface area contributed by atoms with Crippen LogP contribution in [0.25, 0.3) is 0 Å². The quantitative estimate of drug-likeness (QED) is 0.671. The van der Waals surface area contributed by atoms with Gasteiger partial charge < -0.3 is 10.6 Å². The van der Waals surface area contributed by atoms with E-state index in [0.29, 0.717) is 12.0 Å². The topological polar surface area (TPSA) is 62.7 Å². The molecule has 0 amide bonds. The summed E-state index contributed by atoms with van der Waals surface area (Å²) in [5, 5.41) is 6.59. The van der Waals surface area contributed by atoms with Gasteiger partial charge in [-0.25, -0.2) is 15.0 Å². The van der Waals surface area contributed by atoms with E-state index in [-0.39, 0.29) is 0 Å². The molecule has 0 spiro atoms. The van der Waals surface area contributed by atoms with Crippen molar-refractivity contribution in [3.63, 3.8) is 0 Å². The van der Waals surface area contributed by atoms with E-state index in [2.05, 4.69) is 25.6 Å². The lowest BCUT2D eigenvalue weighted by Crippen LogP contribution is -2.35. The van der Waals surface area contributed by atoms with E-state index < -0.39 is 0 Å². The van der Waals surface area contributed by atoms with Gasteiger partial charge in [0.1, 0.15) is 12.7 Å². The smallest absolute Gasteiger partial charge is 0.225 e. The third-order valence-electron chi connectivity index (χ3n) is 2.17. The highest BCUT2D eigenvalue weighted by Gasteiger charge is 2.12. The molecule has 0 unspecified atom stereocenters. The van der Waals surface area contributed by atoms with Gasteiger partial charge in [-0.3, -0.25) is 0 Å². The second-order valence-corrected chi connectivity index (χ2v) is 3.13. The summed E-state index contributed by atoms with van der Waals surface area (Å²) < 4.78 is 0. The minimum absolute atomic E-state index is 0.503. The molecule has 2 N–H and O–H groups in total. The lowest BCUT2D eigenvalue weighted by atomic mass is 10.1. The summed E-state index contributed by atoms with van der Waals surface area (Å²) >= 11 is 0. The van der Waals surface area contributed by atoms with Crippen LogP contribution >= 0.6 is 0 Å². The fourth-order valence-corrected chi connectivity index (χ4v) is 1.46. The first-order valence-electron chi connectivity index (χ1n) is 4.54. The maximum Gasteiger partial charge on any atom is 0.225 e. The van der Waals surface area contributed by atoms with Crippen LogP contribution in [0.2, 0.25) is 0 Å². The molecule has 5 heteroatoms. The molecule has 0 saturated carbocycles. The second kappa shape index (κ2) is 4.13. The Bertz CT molecular complexity index is 244. The number of nitrogens with zero attached hydrogens (tertiary/aromatic N) is 3. The van der Waals surface area contributed by atoms with Crippen molar-refractivity contribution in [1.29, 1.82) is 0 Å². The molecule has 0 atom stereocenters. The number of hydrogen-bond donors (Lipinski definition) is 2. The van der Waals surface area contributed by atoms with Crippen molar-refractivity contribution < 1.29 is 0 Å². The molecule has 1 aromatic heterocycles. The van der Waals surface area contributed by atoms with Crippen LogP contribution < -0.4 is 10.6 Å². The average Bonchev–Trinajstić information content (AvgIpc) is 2.21. The fourth-order valence-electron chi connectivity index (χ4n) is 1.46. The van der Waals surface area contributed by atoms with E-state index in [1.165, 1.54) is 12.7 Å². The number of anilines is 1. The van der Waals surface area contributed by atoms with Gasteiger partial charge in [0.25, 0.3) is 0 Å². The Morgan fingerprint density at radius 2 is 1.92 bits per heavy atom. The van der Waals surface area contributed by atoms with Crippen molar-refractivity contribution in [1.82, 2.24) is 20.3 Å². The zero-order valence-corrected chi connectivity index (χ0v) is 7.40. The molecule has 0 bridgehead atoms. The zero-order valence-electron chi connectivity index (χ0n) is 7.40. The van der Waals surface area contributed by atoms with Gasteiger partial charge in [0.2, 0.25) is 5.95 Å². The summed E-state index contributed by atoms with van der Waals surface area (Å²) in [6.45, 7) is 2.14. The van der Waals surface area contributed by atoms with Gasteiger partial charge in [-0.15, -0.1) is 0 Å². The second-order valence-electron chi connectivity index (χ2n) is 3.13. The summed E-state index contributed by atoms with van der Waals surface area (Å²) in [6, 6.07) is 0.503. The first kappa shape index (κ1) is 8.37. The maximum atomic E-state index is 4.02. The lowest BCUT2D eigenvalue weighted by molar-refractivity contribution is 0.477. The largest absolute Gasteiger partial charge is 0.351 e. The molecule has 2 heterocycles.